The van der Waals surface area contributed by atoms with Crippen molar-refractivity contribution in [3.05, 3.63) is 35.9 Å². The fourth-order valence-corrected chi connectivity index (χ4v) is 3.03. The smallest absolute Gasteiger partial charge is 0.338 e. The van der Waals surface area contributed by atoms with E-state index in [0.717, 1.165) is 12.8 Å². The Morgan fingerprint density at radius 2 is 1.48 bits per heavy atom. The Morgan fingerprint density at radius 1 is 0.920 bits per heavy atom. The number of esters is 1. The molecule has 0 aliphatic heterocycles. The zero-order valence-electron chi connectivity index (χ0n) is 15.3. The number of carbonyl (C=O) groups excluding carboxylic acids is 2. The number of halogens is 1. The summed E-state index contributed by atoms with van der Waals surface area (Å²) in [5, 5.41) is -0.457. The molecule has 0 aliphatic rings. The average Bonchev–Trinajstić information content (AvgIpc) is 2.60. The molecule has 25 heavy (non-hydrogen) atoms. The summed E-state index contributed by atoms with van der Waals surface area (Å²) >= 11 is 5.49. The minimum atomic E-state index is -0.457. The van der Waals surface area contributed by atoms with Crippen molar-refractivity contribution in [1.29, 1.82) is 0 Å². The van der Waals surface area contributed by atoms with E-state index >= 15 is 0 Å². The number of rotatable bonds is 14. The third-order valence-electron chi connectivity index (χ3n) is 4.30. The molecule has 1 rings (SSSR count). The van der Waals surface area contributed by atoms with Crippen molar-refractivity contribution in [3.63, 3.8) is 0 Å². The number of ether oxygens (including phenoxy) is 1. The van der Waals surface area contributed by atoms with Crippen LogP contribution in [-0.4, -0.2) is 17.3 Å². The maximum absolute atomic E-state index is 12.1. The molecule has 0 saturated carbocycles. The lowest BCUT2D eigenvalue weighted by Gasteiger charge is -2.16. The molecule has 0 radical (unpaired) electrons. The molecule has 0 aliphatic carbocycles. The molecular formula is C21H31ClO3. The normalized spacial score (nSPS) is 11.9. The third-order valence-corrected chi connectivity index (χ3v) is 4.46. The molecular weight excluding hydrogens is 336 g/mol. The Morgan fingerprint density at radius 3 is 2.04 bits per heavy atom. The Kier molecular flexibility index (Phi) is 12.0. The van der Waals surface area contributed by atoms with Gasteiger partial charge in [0.1, 0.15) is 6.10 Å². The molecule has 1 atom stereocenters. The summed E-state index contributed by atoms with van der Waals surface area (Å²) in [5.74, 6) is -0.389. The van der Waals surface area contributed by atoms with Gasteiger partial charge in [-0.15, -0.1) is 0 Å². The number of carbonyl (C=O) groups is 2. The fraction of sp³-hybridized carbons (Fsp3) is 0.619. The first kappa shape index (κ1) is 21.7. The van der Waals surface area contributed by atoms with Gasteiger partial charge in [0.15, 0.2) is 0 Å². The highest BCUT2D eigenvalue weighted by Crippen LogP contribution is 2.16. The van der Waals surface area contributed by atoms with Crippen LogP contribution >= 0.6 is 11.6 Å². The predicted octanol–water partition coefficient (Wildman–Crippen LogP) is 6.29. The van der Waals surface area contributed by atoms with Gasteiger partial charge in [-0.3, -0.25) is 4.79 Å². The number of unbranched alkanes of at least 4 members (excludes halogenated alkanes) is 8. The van der Waals surface area contributed by atoms with Crippen LogP contribution in [0, 0.1) is 0 Å². The van der Waals surface area contributed by atoms with Crippen LogP contribution in [0.5, 0.6) is 0 Å². The zero-order valence-corrected chi connectivity index (χ0v) is 16.1. The molecule has 0 amide bonds. The summed E-state index contributed by atoms with van der Waals surface area (Å²) in [6.45, 7) is 2.23. The third kappa shape index (κ3) is 11.0. The van der Waals surface area contributed by atoms with E-state index in [9.17, 15) is 9.59 Å². The van der Waals surface area contributed by atoms with E-state index in [4.69, 9.17) is 16.3 Å². The molecule has 0 spiro atoms. The summed E-state index contributed by atoms with van der Waals surface area (Å²) in [4.78, 5) is 23.3. The lowest BCUT2D eigenvalue weighted by atomic mass is 10.0. The van der Waals surface area contributed by atoms with Gasteiger partial charge < -0.3 is 4.74 Å². The van der Waals surface area contributed by atoms with E-state index in [1.807, 2.05) is 6.07 Å². The minimum absolute atomic E-state index is 0.0805. The van der Waals surface area contributed by atoms with Crippen molar-refractivity contribution in [2.75, 3.05) is 0 Å². The number of hydrogen-bond acceptors (Lipinski definition) is 3. The fourth-order valence-electron chi connectivity index (χ4n) is 2.86. The molecule has 1 aromatic rings. The lowest BCUT2D eigenvalue weighted by Crippen LogP contribution is -2.20. The predicted molar refractivity (Wildman–Crippen MR) is 103 cm³/mol. The molecule has 140 valence electrons. The van der Waals surface area contributed by atoms with Crippen molar-refractivity contribution in [1.82, 2.24) is 0 Å². The Labute approximate surface area is 157 Å². The molecule has 0 fully saturated rings. The summed E-state index contributed by atoms with van der Waals surface area (Å²) in [7, 11) is 0. The quantitative estimate of drug-likeness (QED) is 0.221. The molecule has 1 unspecified atom stereocenters. The SMILES string of the molecule is CCCCCCCCCCCC(CC(=O)Cl)OC(=O)c1ccccc1. The van der Waals surface area contributed by atoms with Gasteiger partial charge >= 0.3 is 5.97 Å². The van der Waals surface area contributed by atoms with Crippen LogP contribution in [0.15, 0.2) is 30.3 Å². The second-order valence-electron chi connectivity index (χ2n) is 6.57. The molecule has 0 bridgehead atoms. The molecule has 1 aromatic carbocycles. The Hall–Kier alpha value is -1.35. The van der Waals surface area contributed by atoms with E-state index in [1.54, 1.807) is 24.3 Å². The van der Waals surface area contributed by atoms with Crippen LogP contribution in [0.2, 0.25) is 0 Å². The van der Waals surface area contributed by atoms with Crippen molar-refractivity contribution in [2.24, 2.45) is 0 Å². The van der Waals surface area contributed by atoms with Crippen LogP contribution in [0.1, 0.15) is 87.9 Å². The van der Waals surface area contributed by atoms with Gasteiger partial charge in [0, 0.05) is 0 Å². The van der Waals surface area contributed by atoms with Gasteiger partial charge in [-0.2, -0.15) is 0 Å². The zero-order chi connectivity index (χ0) is 18.3. The summed E-state index contributed by atoms with van der Waals surface area (Å²) < 4.78 is 5.48. The first-order valence-corrected chi connectivity index (χ1v) is 9.95. The molecule has 0 aromatic heterocycles. The maximum atomic E-state index is 12.1. The highest BCUT2D eigenvalue weighted by atomic mass is 35.5. The average molecular weight is 367 g/mol. The van der Waals surface area contributed by atoms with Gasteiger partial charge in [-0.05, 0) is 36.6 Å². The van der Waals surface area contributed by atoms with Crippen molar-refractivity contribution < 1.29 is 14.3 Å². The summed E-state index contributed by atoms with van der Waals surface area (Å²) in [5.41, 5.74) is 0.501. The second-order valence-corrected chi connectivity index (χ2v) is 6.99. The van der Waals surface area contributed by atoms with E-state index in [0.29, 0.717) is 12.0 Å². The highest BCUT2D eigenvalue weighted by Gasteiger charge is 2.18. The minimum Gasteiger partial charge on any atom is -0.458 e. The monoisotopic (exact) mass is 366 g/mol. The van der Waals surface area contributed by atoms with Crippen LogP contribution in [-0.2, 0) is 9.53 Å². The van der Waals surface area contributed by atoms with Gasteiger partial charge in [0.25, 0.3) is 0 Å². The van der Waals surface area contributed by atoms with Gasteiger partial charge in [-0.25, -0.2) is 4.79 Å². The van der Waals surface area contributed by atoms with Crippen LogP contribution in [0.3, 0.4) is 0 Å². The van der Waals surface area contributed by atoms with Gasteiger partial charge in [0.05, 0.1) is 12.0 Å². The molecule has 0 heterocycles. The van der Waals surface area contributed by atoms with E-state index in [1.165, 1.54) is 44.9 Å². The van der Waals surface area contributed by atoms with Crippen molar-refractivity contribution in [2.45, 2.75) is 83.7 Å². The van der Waals surface area contributed by atoms with E-state index in [-0.39, 0.29) is 12.4 Å². The molecule has 4 heteroatoms. The van der Waals surface area contributed by atoms with Crippen molar-refractivity contribution >= 4 is 22.8 Å². The first-order valence-electron chi connectivity index (χ1n) is 9.57. The molecule has 0 saturated heterocycles. The summed E-state index contributed by atoms with van der Waals surface area (Å²) in [6, 6.07) is 8.84. The highest BCUT2D eigenvalue weighted by molar-refractivity contribution is 6.63. The molecule has 0 N–H and O–H groups in total. The maximum Gasteiger partial charge on any atom is 0.338 e. The van der Waals surface area contributed by atoms with Gasteiger partial charge in [0.2, 0.25) is 5.24 Å². The number of hydrogen-bond donors (Lipinski definition) is 0. The standard InChI is InChI=1S/C21H31ClO3/c1-2-3-4-5-6-7-8-9-13-16-19(17-20(22)23)25-21(24)18-14-11-10-12-15-18/h10-12,14-15,19H,2-9,13,16-17H2,1H3. The first-order chi connectivity index (χ1) is 12.1. The Bertz CT molecular complexity index is 487. The van der Waals surface area contributed by atoms with E-state index in [2.05, 4.69) is 6.92 Å². The largest absolute Gasteiger partial charge is 0.458 e. The lowest BCUT2D eigenvalue weighted by molar-refractivity contribution is -0.113. The Balaban J connectivity index is 2.24. The van der Waals surface area contributed by atoms with Crippen LogP contribution < -0.4 is 0 Å². The van der Waals surface area contributed by atoms with Gasteiger partial charge in [-0.1, -0.05) is 76.5 Å². The summed E-state index contributed by atoms with van der Waals surface area (Å²) in [6.07, 6.45) is 11.4. The number of benzene rings is 1. The van der Waals surface area contributed by atoms with Crippen LogP contribution in [0.25, 0.3) is 0 Å². The topological polar surface area (TPSA) is 43.4 Å². The van der Waals surface area contributed by atoms with Crippen molar-refractivity contribution in [3.8, 4) is 0 Å². The molecule has 3 nitrogen and oxygen atoms in total. The second kappa shape index (κ2) is 13.9. The van der Waals surface area contributed by atoms with E-state index < -0.39 is 11.3 Å². The van der Waals surface area contributed by atoms with Crippen LogP contribution in [0.4, 0.5) is 0 Å².